The summed E-state index contributed by atoms with van der Waals surface area (Å²) in [6.45, 7) is 3.65. The second kappa shape index (κ2) is 5.51. The van der Waals surface area contributed by atoms with Gasteiger partial charge in [0.15, 0.2) is 0 Å². The fourth-order valence-electron chi connectivity index (χ4n) is 2.25. The second-order valence-corrected chi connectivity index (χ2v) is 5.46. The zero-order valence-electron chi connectivity index (χ0n) is 12.0. The van der Waals surface area contributed by atoms with Crippen LogP contribution < -0.4 is 10.6 Å². The predicted molar refractivity (Wildman–Crippen MR) is 79.5 cm³/mol. The minimum absolute atomic E-state index is 0.0883. The lowest BCUT2D eigenvalue weighted by Crippen LogP contribution is -2.33. The molecule has 104 valence electrons. The molecule has 0 spiro atoms. The summed E-state index contributed by atoms with van der Waals surface area (Å²) in [5.74, 6) is 0.790. The third-order valence-electron chi connectivity index (χ3n) is 3.58. The van der Waals surface area contributed by atoms with Crippen molar-refractivity contribution in [1.29, 1.82) is 0 Å². The monoisotopic (exact) mass is 261 g/mol. The first-order valence-electron chi connectivity index (χ1n) is 6.89. The highest BCUT2D eigenvalue weighted by molar-refractivity contribution is 6.00. The lowest BCUT2D eigenvalue weighted by molar-refractivity contribution is 0.0757. The Labute approximate surface area is 115 Å². The van der Waals surface area contributed by atoms with Crippen molar-refractivity contribution in [1.82, 2.24) is 4.90 Å². The average Bonchev–Trinajstić information content (AvgIpc) is 3.18. The maximum absolute atomic E-state index is 12.7. The molecule has 2 N–H and O–H groups in total. The molecule has 4 nitrogen and oxygen atoms in total. The highest BCUT2D eigenvalue weighted by Crippen LogP contribution is 2.31. The lowest BCUT2D eigenvalue weighted by Gasteiger charge is -2.24. The molecular weight excluding hydrogens is 238 g/mol. The van der Waals surface area contributed by atoms with Gasteiger partial charge in [0.2, 0.25) is 0 Å². The number of nitrogens with two attached hydrogens (primary N) is 1. The van der Waals surface area contributed by atoms with Crippen molar-refractivity contribution >= 4 is 17.3 Å². The van der Waals surface area contributed by atoms with Crippen molar-refractivity contribution in [3.8, 4) is 0 Å². The minimum atomic E-state index is 0.0883. The van der Waals surface area contributed by atoms with Crippen molar-refractivity contribution in [2.45, 2.75) is 19.8 Å². The molecule has 0 aromatic heterocycles. The molecule has 0 saturated heterocycles. The average molecular weight is 261 g/mol. The van der Waals surface area contributed by atoms with Gasteiger partial charge >= 0.3 is 0 Å². The van der Waals surface area contributed by atoms with Crippen LogP contribution in [0.4, 0.5) is 11.4 Å². The number of nitrogens with zero attached hydrogens (tertiary/aromatic N) is 2. The van der Waals surface area contributed by atoms with E-state index in [-0.39, 0.29) is 5.91 Å². The highest BCUT2D eigenvalue weighted by atomic mass is 16.2. The Morgan fingerprint density at radius 3 is 2.58 bits per heavy atom. The number of amides is 1. The van der Waals surface area contributed by atoms with E-state index in [4.69, 9.17) is 5.73 Å². The molecule has 1 aromatic carbocycles. The lowest BCUT2D eigenvalue weighted by atomic mass is 10.1. The van der Waals surface area contributed by atoms with E-state index >= 15 is 0 Å². The quantitative estimate of drug-likeness (QED) is 0.827. The Bertz CT molecular complexity index is 466. The van der Waals surface area contributed by atoms with Gasteiger partial charge in [-0.25, -0.2) is 0 Å². The maximum Gasteiger partial charge on any atom is 0.256 e. The summed E-state index contributed by atoms with van der Waals surface area (Å²) in [6, 6.07) is 5.53. The van der Waals surface area contributed by atoms with Crippen molar-refractivity contribution in [3.63, 3.8) is 0 Å². The van der Waals surface area contributed by atoms with Crippen LogP contribution in [0.1, 0.15) is 30.1 Å². The van der Waals surface area contributed by atoms with Crippen molar-refractivity contribution in [3.05, 3.63) is 23.8 Å². The van der Waals surface area contributed by atoms with Crippen LogP contribution in [-0.2, 0) is 0 Å². The first kappa shape index (κ1) is 13.7. The molecule has 0 bridgehead atoms. The Kier molecular flexibility index (Phi) is 3.98. The Morgan fingerprint density at radius 1 is 1.37 bits per heavy atom. The first-order valence-corrected chi connectivity index (χ1v) is 6.89. The Balaban J connectivity index is 2.27. The number of carbonyl (C=O) groups is 1. The zero-order chi connectivity index (χ0) is 14.0. The topological polar surface area (TPSA) is 49.6 Å². The number of hydrogen-bond acceptors (Lipinski definition) is 3. The van der Waals surface area contributed by atoms with Gasteiger partial charge in [0.25, 0.3) is 5.91 Å². The largest absolute Gasteiger partial charge is 0.399 e. The molecule has 1 fully saturated rings. The van der Waals surface area contributed by atoms with Crippen LogP contribution in [0, 0.1) is 5.92 Å². The Morgan fingerprint density at radius 2 is 2.05 bits per heavy atom. The van der Waals surface area contributed by atoms with Crippen LogP contribution in [0.25, 0.3) is 0 Å². The normalized spacial score (nSPS) is 14.3. The van der Waals surface area contributed by atoms with Gasteiger partial charge in [-0.05, 0) is 43.9 Å². The molecule has 0 radical (unpaired) electrons. The second-order valence-electron chi connectivity index (χ2n) is 5.46. The van der Waals surface area contributed by atoms with Gasteiger partial charge in [-0.15, -0.1) is 0 Å². The number of rotatable bonds is 5. The molecule has 1 amide bonds. The molecule has 0 unspecified atom stereocenters. The summed E-state index contributed by atoms with van der Waals surface area (Å²) >= 11 is 0. The Hall–Kier alpha value is -1.71. The molecule has 0 heterocycles. The van der Waals surface area contributed by atoms with Gasteiger partial charge in [0.1, 0.15) is 0 Å². The third-order valence-corrected chi connectivity index (χ3v) is 3.58. The number of hydrogen-bond donors (Lipinski definition) is 1. The van der Waals surface area contributed by atoms with Crippen LogP contribution in [0.15, 0.2) is 18.2 Å². The van der Waals surface area contributed by atoms with Gasteiger partial charge < -0.3 is 15.5 Å². The summed E-state index contributed by atoms with van der Waals surface area (Å²) in [7, 11) is 3.89. The molecule has 4 heteroatoms. The van der Waals surface area contributed by atoms with E-state index < -0.39 is 0 Å². The van der Waals surface area contributed by atoms with E-state index in [2.05, 4.69) is 0 Å². The number of benzene rings is 1. The summed E-state index contributed by atoms with van der Waals surface area (Å²) in [5, 5.41) is 0. The predicted octanol–water partition coefficient (Wildman–Crippen LogP) is 2.21. The van der Waals surface area contributed by atoms with E-state index in [9.17, 15) is 4.79 Å². The van der Waals surface area contributed by atoms with Crippen molar-refractivity contribution in [2.24, 2.45) is 5.92 Å². The van der Waals surface area contributed by atoms with Crippen LogP contribution >= 0.6 is 0 Å². The van der Waals surface area contributed by atoms with Gasteiger partial charge in [-0.1, -0.05) is 0 Å². The fourth-order valence-corrected chi connectivity index (χ4v) is 2.25. The highest BCUT2D eigenvalue weighted by Gasteiger charge is 2.27. The summed E-state index contributed by atoms with van der Waals surface area (Å²) < 4.78 is 0. The van der Waals surface area contributed by atoms with E-state index in [0.717, 1.165) is 18.8 Å². The van der Waals surface area contributed by atoms with Crippen molar-refractivity contribution < 1.29 is 4.79 Å². The molecule has 0 aliphatic heterocycles. The molecule has 1 aromatic rings. The number of carbonyl (C=O) groups excluding carboxylic acids is 1. The summed E-state index contributed by atoms with van der Waals surface area (Å²) in [6.07, 6.45) is 2.50. The molecule has 1 saturated carbocycles. The summed E-state index contributed by atoms with van der Waals surface area (Å²) in [4.78, 5) is 16.5. The van der Waals surface area contributed by atoms with Crippen molar-refractivity contribution in [2.75, 3.05) is 37.8 Å². The van der Waals surface area contributed by atoms with E-state index in [1.54, 1.807) is 6.07 Å². The zero-order valence-corrected chi connectivity index (χ0v) is 12.0. The van der Waals surface area contributed by atoms with Gasteiger partial charge in [-0.2, -0.15) is 0 Å². The number of nitrogen functional groups attached to an aromatic ring is 1. The molecule has 1 aliphatic carbocycles. The van der Waals surface area contributed by atoms with Crippen LogP contribution in [0.3, 0.4) is 0 Å². The third kappa shape index (κ3) is 3.19. The van der Waals surface area contributed by atoms with Crippen LogP contribution in [-0.4, -0.2) is 38.0 Å². The SMILES string of the molecule is CCN(CC1CC1)C(=O)c1cc(N)ccc1N(C)C. The maximum atomic E-state index is 12.7. The summed E-state index contributed by atoms with van der Waals surface area (Å²) in [5.41, 5.74) is 8.09. The van der Waals surface area contributed by atoms with E-state index in [1.807, 2.05) is 43.0 Å². The van der Waals surface area contributed by atoms with Gasteiger partial charge in [0, 0.05) is 38.6 Å². The minimum Gasteiger partial charge on any atom is -0.399 e. The van der Waals surface area contributed by atoms with E-state index in [0.29, 0.717) is 17.2 Å². The van der Waals surface area contributed by atoms with Crippen LogP contribution in [0.2, 0.25) is 0 Å². The number of anilines is 2. The first-order chi connectivity index (χ1) is 9.02. The smallest absolute Gasteiger partial charge is 0.256 e. The van der Waals surface area contributed by atoms with E-state index in [1.165, 1.54) is 12.8 Å². The molecule has 2 rings (SSSR count). The standard InChI is InChI=1S/C15H23N3O/c1-4-18(10-11-5-6-11)15(19)13-9-12(16)7-8-14(13)17(2)3/h7-9,11H,4-6,10,16H2,1-3H3. The molecular formula is C15H23N3O. The van der Waals surface area contributed by atoms with Gasteiger partial charge in [0.05, 0.1) is 5.56 Å². The fraction of sp³-hybridized carbons (Fsp3) is 0.533. The molecule has 0 atom stereocenters. The van der Waals surface area contributed by atoms with Crippen LogP contribution in [0.5, 0.6) is 0 Å². The van der Waals surface area contributed by atoms with Gasteiger partial charge in [-0.3, -0.25) is 4.79 Å². The molecule has 1 aliphatic rings. The molecule has 19 heavy (non-hydrogen) atoms.